The standard InChI is InChI=1S/C18H18N4O2/c1-12-9-17(21-15-6-3-5-14(10-15)13(2)23)22-18(20-12)19-11-16-7-4-8-24-16/h3-10H,11H2,1-2H3,(H2,19,20,21,22). The molecule has 0 unspecified atom stereocenters. The number of carbonyl (C=O) groups is 1. The SMILES string of the molecule is CC(=O)c1cccc(Nc2cc(C)nc(NCc3ccco3)n2)c1. The molecule has 0 aliphatic heterocycles. The minimum Gasteiger partial charge on any atom is -0.467 e. The maximum atomic E-state index is 11.5. The number of aromatic nitrogens is 2. The molecule has 0 fully saturated rings. The largest absolute Gasteiger partial charge is 0.467 e. The van der Waals surface area contributed by atoms with Gasteiger partial charge in [-0.1, -0.05) is 12.1 Å². The van der Waals surface area contributed by atoms with Crippen LogP contribution < -0.4 is 10.6 Å². The number of furan rings is 1. The lowest BCUT2D eigenvalue weighted by atomic mass is 10.1. The van der Waals surface area contributed by atoms with Gasteiger partial charge in [0.25, 0.3) is 0 Å². The zero-order valence-electron chi connectivity index (χ0n) is 13.5. The summed E-state index contributed by atoms with van der Waals surface area (Å²) in [4.78, 5) is 20.3. The molecule has 122 valence electrons. The van der Waals surface area contributed by atoms with E-state index in [0.29, 0.717) is 23.9 Å². The molecule has 6 heteroatoms. The number of Topliss-reactive ketones (excluding diaryl/α,β-unsaturated/α-hetero) is 1. The van der Waals surface area contributed by atoms with Crippen molar-refractivity contribution in [2.24, 2.45) is 0 Å². The van der Waals surface area contributed by atoms with E-state index in [4.69, 9.17) is 4.42 Å². The van der Waals surface area contributed by atoms with Crippen molar-refractivity contribution >= 4 is 23.2 Å². The molecule has 0 atom stereocenters. The van der Waals surface area contributed by atoms with Crippen molar-refractivity contribution < 1.29 is 9.21 Å². The molecule has 6 nitrogen and oxygen atoms in total. The van der Waals surface area contributed by atoms with Crippen LogP contribution in [0.2, 0.25) is 0 Å². The predicted molar refractivity (Wildman–Crippen MR) is 92.5 cm³/mol. The van der Waals surface area contributed by atoms with E-state index in [1.54, 1.807) is 25.3 Å². The van der Waals surface area contributed by atoms with Crippen LogP contribution in [0.3, 0.4) is 0 Å². The summed E-state index contributed by atoms with van der Waals surface area (Å²) in [7, 11) is 0. The minimum atomic E-state index is 0.0262. The summed E-state index contributed by atoms with van der Waals surface area (Å²) in [5.74, 6) is 2.00. The van der Waals surface area contributed by atoms with E-state index in [0.717, 1.165) is 17.1 Å². The third-order valence-electron chi connectivity index (χ3n) is 3.40. The molecule has 0 aliphatic carbocycles. The normalized spacial score (nSPS) is 10.4. The first kappa shape index (κ1) is 15.7. The molecule has 1 aromatic carbocycles. The summed E-state index contributed by atoms with van der Waals surface area (Å²) in [5, 5.41) is 6.34. The summed E-state index contributed by atoms with van der Waals surface area (Å²) in [6.07, 6.45) is 1.63. The quantitative estimate of drug-likeness (QED) is 0.669. The van der Waals surface area contributed by atoms with E-state index in [9.17, 15) is 4.79 Å². The van der Waals surface area contributed by atoms with Crippen molar-refractivity contribution in [2.75, 3.05) is 10.6 Å². The summed E-state index contributed by atoms with van der Waals surface area (Å²) in [6.45, 7) is 3.96. The van der Waals surface area contributed by atoms with Gasteiger partial charge in [-0.3, -0.25) is 4.79 Å². The van der Waals surface area contributed by atoms with Gasteiger partial charge in [0.05, 0.1) is 12.8 Å². The molecule has 2 aromatic heterocycles. The number of aryl methyl sites for hydroxylation is 1. The third kappa shape index (κ3) is 3.98. The second-order valence-electron chi connectivity index (χ2n) is 5.41. The molecule has 3 aromatic rings. The third-order valence-corrected chi connectivity index (χ3v) is 3.40. The van der Waals surface area contributed by atoms with E-state index >= 15 is 0 Å². The molecule has 0 saturated heterocycles. The number of rotatable bonds is 6. The molecule has 2 N–H and O–H groups in total. The highest BCUT2D eigenvalue weighted by Gasteiger charge is 2.05. The summed E-state index contributed by atoms with van der Waals surface area (Å²) in [5.41, 5.74) is 2.29. The Balaban J connectivity index is 1.76. The maximum absolute atomic E-state index is 11.5. The van der Waals surface area contributed by atoms with Gasteiger partial charge < -0.3 is 15.1 Å². The average molecular weight is 322 g/mol. The average Bonchev–Trinajstić information content (AvgIpc) is 3.06. The fraction of sp³-hybridized carbons (Fsp3) is 0.167. The molecule has 2 heterocycles. The van der Waals surface area contributed by atoms with Crippen molar-refractivity contribution in [1.29, 1.82) is 0 Å². The molecule has 0 spiro atoms. The van der Waals surface area contributed by atoms with Gasteiger partial charge in [0.1, 0.15) is 11.6 Å². The lowest BCUT2D eigenvalue weighted by Gasteiger charge is -2.10. The number of anilines is 3. The molecule has 0 bridgehead atoms. The fourth-order valence-corrected chi connectivity index (χ4v) is 2.25. The second-order valence-corrected chi connectivity index (χ2v) is 5.41. The Labute approximate surface area is 140 Å². The van der Waals surface area contributed by atoms with Crippen LogP contribution >= 0.6 is 0 Å². The molecular weight excluding hydrogens is 304 g/mol. The van der Waals surface area contributed by atoms with Gasteiger partial charge in [0.2, 0.25) is 5.95 Å². The monoisotopic (exact) mass is 322 g/mol. The van der Waals surface area contributed by atoms with Crippen LogP contribution in [0.5, 0.6) is 0 Å². The summed E-state index contributed by atoms with van der Waals surface area (Å²) in [6, 6.07) is 12.9. The first-order chi connectivity index (χ1) is 11.6. The topological polar surface area (TPSA) is 80.0 Å². The van der Waals surface area contributed by atoms with Crippen molar-refractivity contribution in [1.82, 2.24) is 9.97 Å². The molecule has 0 radical (unpaired) electrons. The highest BCUT2D eigenvalue weighted by molar-refractivity contribution is 5.95. The van der Waals surface area contributed by atoms with Crippen LogP contribution in [-0.4, -0.2) is 15.8 Å². The van der Waals surface area contributed by atoms with Gasteiger partial charge in [0.15, 0.2) is 5.78 Å². The Bertz CT molecular complexity index is 844. The zero-order valence-corrected chi connectivity index (χ0v) is 13.5. The van der Waals surface area contributed by atoms with E-state index in [-0.39, 0.29) is 5.78 Å². The molecule has 0 amide bonds. The van der Waals surface area contributed by atoms with Crippen molar-refractivity contribution in [2.45, 2.75) is 20.4 Å². The zero-order chi connectivity index (χ0) is 16.9. The van der Waals surface area contributed by atoms with E-state index in [2.05, 4.69) is 20.6 Å². The number of carbonyl (C=O) groups excluding carboxylic acids is 1. The Morgan fingerprint density at radius 3 is 2.79 bits per heavy atom. The highest BCUT2D eigenvalue weighted by Crippen LogP contribution is 2.18. The molecule has 24 heavy (non-hydrogen) atoms. The van der Waals surface area contributed by atoms with Crippen LogP contribution in [0.25, 0.3) is 0 Å². The lowest BCUT2D eigenvalue weighted by Crippen LogP contribution is -2.06. The Morgan fingerprint density at radius 1 is 1.17 bits per heavy atom. The van der Waals surface area contributed by atoms with Gasteiger partial charge in [-0.15, -0.1) is 0 Å². The van der Waals surface area contributed by atoms with Gasteiger partial charge >= 0.3 is 0 Å². The number of hydrogen-bond acceptors (Lipinski definition) is 6. The van der Waals surface area contributed by atoms with Gasteiger partial charge in [-0.25, -0.2) is 4.98 Å². The van der Waals surface area contributed by atoms with Crippen LogP contribution in [0.1, 0.15) is 28.7 Å². The van der Waals surface area contributed by atoms with Crippen molar-refractivity contribution in [3.8, 4) is 0 Å². The summed E-state index contributed by atoms with van der Waals surface area (Å²) >= 11 is 0. The van der Waals surface area contributed by atoms with Crippen LogP contribution in [0.15, 0.2) is 53.1 Å². The highest BCUT2D eigenvalue weighted by atomic mass is 16.3. The smallest absolute Gasteiger partial charge is 0.225 e. The van der Waals surface area contributed by atoms with Gasteiger partial charge in [0, 0.05) is 23.0 Å². The Kier molecular flexibility index (Phi) is 4.56. The molecule has 0 aliphatic rings. The molecule has 0 saturated carbocycles. The van der Waals surface area contributed by atoms with Crippen LogP contribution in [0, 0.1) is 6.92 Å². The fourth-order valence-electron chi connectivity index (χ4n) is 2.25. The van der Waals surface area contributed by atoms with Crippen molar-refractivity contribution in [3.63, 3.8) is 0 Å². The Morgan fingerprint density at radius 2 is 2.04 bits per heavy atom. The number of nitrogens with zero attached hydrogens (tertiary/aromatic N) is 2. The second kappa shape index (κ2) is 6.95. The molecular formula is C18H18N4O2. The number of nitrogens with one attached hydrogen (secondary N) is 2. The number of ketones is 1. The minimum absolute atomic E-state index is 0.0262. The van der Waals surface area contributed by atoms with Crippen molar-refractivity contribution in [3.05, 3.63) is 65.7 Å². The van der Waals surface area contributed by atoms with E-state index in [1.807, 2.05) is 37.3 Å². The van der Waals surface area contributed by atoms with Crippen LogP contribution in [0.4, 0.5) is 17.5 Å². The maximum Gasteiger partial charge on any atom is 0.225 e. The predicted octanol–water partition coefficient (Wildman–Crippen LogP) is 3.94. The first-order valence-corrected chi connectivity index (χ1v) is 7.60. The molecule has 3 rings (SSSR count). The number of hydrogen-bond donors (Lipinski definition) is 2. The van der Waals surface area contributed by atoms with Crippen LogP contribution in [-0.2, 0) is 6.54 Å². The van der Waals surface area contributed by atoms with E-state index in [1.165, 1.54) is 0 Å². The number of benzene rings is 1. The van der Waals surface area contributed by atoms with Gasteiger partial charge in [-0.05, 0) is 38.1 Å². The van der Waals surface area contributed by atoms with Gasteiger partial charge in [-0.2, -0.15) is 4.98 Å². The lowest BCUT2D eigenvalue weighted by molar-refractivity contribution is 0.101. The Hall–Kier alpha value is -3.15. The first-order valence-electron chi connectivity index (χ1n) is 7.60. The summed E-state index contributed by atoms with van der Waals surface area (Å²) < 4.78 is 5.28. The van der Waals surface area contributed by atoms with E-state index < -0.39 is 0 Å².